The highest BCUT2D eigenvalue weighted by Crippen LogP contribution is 2.22. The van der Waals surface area contributed by atoms with Gasteiger partial charge < -0.3 is 5.32 Å². The van der Waals surface area contributed by atoms with Crippen molar-refractivity contribution in [3.05, 3.63) is 29.3 Å². The van der Waals surface area contributed by atoms with Gasteiger partial charge in [-0.05, 0) is 30.4 Å². The highest BCUT2D eigenvalue weighted by Gasteiger charge is 2.23. The van der Waals surface area contributed by atoms with E-state index in [2.05, 4.69) is 19.2 Å². The molecule has 0 spiro atoms. The lowest BCUT2D eigenvalue weighted by Crippen LogP contribution is -2.30. The number of nitrogens with one attached hydrogen (secondary N) is 1. The van der Waals surface area contributed by atoms with Gasteiger partial charge in [0, 0.05) is 31.9 Å². The van der Waals surface area contributed by atoms with Gasteiger partial charge in [-0.2, -0.15) is 11.8 Å². The standard InChI is InChI=1S/C15H26N2O2S2/c1-12(2)16-11-14-7-6-8-15(13(14)3)21(18,19)17(4)9-10-20-5/h6-8,12,16H,9-11H2,1-5H3. The molecule has 0 saturated carbocycles. The van der Waals surface area contributed by atoms with Crippen LogP contribution < -0.4 is 5.32 Å². The van der Waals surface area contributed by atoms with Crippen LogP contribution in [0.4, 0.5) is 0 Å². The summed E-state index contributed by atoms with van der Waals surface area (Å²) >= 11 is 1.64. The van der Waals surface area contributed by atoms with E-state index in [4.69, 9.17) is 0 Å². The predicted molar refractivity (Wildman–Crippen MR) is 91.4 cm³/mol. The average Bonchev–Trinajstić information content (AvgIpc) is 2.43. The zero-order valence-corrected chi connectivity index (χ0v) is 15.1. The summed E-state index contributed by atoms with van der Waals surface area (Å²) in [6.07, 6.45) is 1.98. The molecule has 0 amide bonds. The second-order valence-corrected chi connectivity index (χ2v) is 8.39. The zero-order chi connectivity index (χ0) is 16.0. The van der Waals surface area contributed by atoms with Gasteiger partial charge in [-0.1, -0.05) is 26.0 Å². The van der Waals surface area contributed by atoms with E-state index < -0.39 is 10.0 Å². The highest BCUT2D eigenvalue weighted by molar-refractivity contribution is 7.98. The molecule has 21 heavy (non-hydrogen) atoms. The number of rotatable bonds is 8. The number of nitrogens with zero attached hydrogens (tertiary/aromatic N) is 1. The molecular formula is C15H26N2O2S2. The molecule has 0 heterocycles. The molecule has 120 valence electrons. The average molecular weight is 331 g/mol. The van der Waals surface area contributed by atoms with Gasteiger partial charge in [0.15, 0.2) is 0 Å². The van der Waals surface area contributed by atoms with Crippen LogP contribution in [0.1, 0.15) is 25.0 Å². The topological polar surface area (TPSA) is 49.4 Å². The quantitative estimate of drug-likeness (QED) is 0.795. The molecule has 0 aromatic heterocycles. The van der Waals surface area contributed by atoms with Crippen molar-refractivity contribution in [2.45, 2.75) is 38.3 Å². The van der Waals surface area contributed by atoms with E-state index in [-0.39, 0.29) is 0 Å². The fourth-order valence-electron chi connectivity index (χ4n) is 1.95. The van der Waals surface area contributed by atoms with E-state index in [1.165, 1.54) is 4.31 Å². The Hall–Kier alpha value is -0.560. The van der Waals surface area contributed by atoms with E-state index >= 15 is 0 Å². The fourth-order valence-corrected chi connectivity index (χ4v) is 3.96. The van der Waals surface area contributed by atoms with Crippen molar-refractivity contribution >= 4 is 21.8 Å². The minimum absolute atomic E-state index is 0.369. The Morgan fingerprint density at radius 1 is 1.33 bits per heavy atom. The third-order valence-electron chi connectivity index (χ3n) is 3.40. The van der Waals surface area contributed by atoms with Crippen LogP contribution in [-0.2, 0) is 16.6 Å². The Kier molecular flexibility index (Phi) is 7.20. The Morgan fingerprint density at radius 3 is 2.57 bits per heavy atom. The van der Waals surface area contributed by atoms with E-state index in [0.717, 1.165) is 16.9 Å². The monoisotopic (exact) mass is 330 g/mol. The van der Waals surface area contributed by atoms with Crippen LogP contribution in [0.3, 0.4) is 0 Å². The molecule has 0 atom stereocenters. The normalized spacial score (nSPS) is 12.3. The van der Waals surface area contributed by atoms with Crippen molar-refractivity contribution in [3.63, 3.8) is 0 Å². The summed E-state index contributed by atoms with van der Waals surface area (Å²) in [6, 6.07) is 5.86. The number of sulfonamides is 1. The second kappa shape index (κ2) is 8.17. The molecule has 0 radical (unpaired) electrons. The third-order valence-corrected chi connectivity index (χ3v) is 5.99. The molecule has 0 aliphatic heterocycles. The smallest absolute Gasteiger partial charge is 0.243 e. The Labute approximate surface area is 133 Å². The molecule has 1 aromatic rings. The van der Waals surface area contributed by atoms with Gasteiger partial charge in [0.25, 0.3) is 0 Å². The van der Waals surface area contributed by atoms with Crippen LogP contribution in [0.2, 0.25) is 0 Å². The largest absolute Gasteiger partial charge is 0.310 e. The molecule has 6 heteroatoms. The van der Waals surface area contributed by atoms with Crippen molar-refractivity contribution in [3.8, 4) is 0 Å². The van der Waals surface area contributed by atoms with Gasteiger partial charge in [-0.3, -0.25) is 0 Å². The van der Waals surface area contributed by atoms with Crippen LogP contribution in [-0.4, -0.2) is 44.4 Å². The summed E-state index contributed by atoms with van der Waals surface area (Å²) in [4.78, 5) is 0.411. The van der Waals surface area contributed by atoms with Crippen LogP contribution in [0.5, 0.6) is 0 Å². The molecule has 0 bridgehead atoms. The predicted octanol–water partition coefficient (Wildman–Crippen LogP) is 2.48. The van der Waals surface area contributed by atoms with E-state index in [1.807, 2.05) is 25.3 Å². The zero-order valence-electron chi connectivity index (χ0n) is 13.5. The first-order chi connectivity index (χ1) is 9.80. The lowest BCUT2D eigenvalue weighted by Gasteiger charge is -2.20. The van der Waals surface area contributed by atoms with Gasteiger partial charge in [0.05, 0.1) is 4.90 Å². The third kappa shape index (κ3) is 4.98. The molecule has 1 aromatic carbocycles. The molecule has 1 N–H and O–H groups in total. The number of hydrogen-bond donors (Lipinski definition) is 1. The molecule has 0 saturated heterocycles. The van der Waals surface area contributed by atoms with Crippen LogP contribution in [0.25, 0.3) is 0 Å². The number of thioether (sulfide) groups is 1. The minimum Gasteiger partial charge on any atom is -0.310 e. The summed E-state index contributed by atoms with van der Waals surface area (Å²) in [7, 11) is -1.77. The van der Waals surface area contributed by atoms with Gasteiger partial charge in [-0.15, -0.1) is 0 Å². The minimum atomic E-state index is -3.41. The van der Waals surface area contributed by atoms with Crippen molar-refractivity contribution in [1.29, 1.82) is 0 Å². The molecule has 1 rings (SSSR count). The molecule has 0 aliphatic rings. The molecule has 0 fully saturated rings. The summed E-state index contributed by atoms with van der Waals surface area (Å²) in [6.45, 7) is 7.24. The lowest BCUT2D eigenvalue weighted by atomic mass is 10.1. The van der Waals surface area contributed by atoms with Crippen molar-refractivity contribution < 1.29 is 8.42 Å². The molecule has 0 aliphatic carbocycles. The summed E-state index contributed by atoms with van der Waals surface area (Å²) in [5.74, 6) is 0.795. The highest BCUT2D eigenvalue weighted by atomic mass is 32.2. The Morgan fingerprint density at radius 2 is 2.00 bits per heavy atom. The summed E-state index contributed by atoms with van der Waals surface area (Å²) in [5.41, 5.74) is 1.87. The van der Waals surface area contributed by atoms with Crippen molar-refractivity contribution in [2.24, 2.45) is 0 Å². The van der Waals surface area contributed by atoms with Crippen LogP contribution >= 0.6 is 11.8 Å². The van der Waals surface area contributed by atoms with Gasteiger partial charge >= 0.3 is 0 Å². The maximum Gasteiger partial charge on any atom is 0.243 e. The molecular weight excluding hydrogens is 304 g/mol. The SMILES string of the molecule is CSCCN(C)S(=O)(=O)c1cccc(CNC(C)C)c1C. The van der Waals surface area contributed by atoms with Crippen molar-refractivity contribution in [2.75, 3.05) is 25.6 Å². The van der Waals surface area contributed by atoms with E-state index in [1.54, 1.807) is 24.9 Å². The maximum atomic E-state index is 12.6. The maximum absolute atomic E-state index is 12.6. The summed E-state index contributed by atoms with van der Waals surface area (Å²) in [5, 5.41) is 3.33. The van der Waals surface area contributed by atoms with E-state index in [0.29, 0.717) is 24.0 Å². The second-order valence-electron chi connectivity index (χ2n) is 5.40. The molecule has 0 unspecified atom stereocenters. The number of hydrogen-bond acceptors (Lipinski definition) is 4. The molecule has 4 nitrogen and oxygen atoms in total. The van der Waals surface area contributed by atoms with Crippen LogP contribution in [0.15, 0.2) is 23.1 Å². The fraction of sp³-hybridized carbons (Fsp3) is 0.600. The number of benzene rings is 1. The lowest BCUT2D eigenvalue weighted by molar-refractivity contribution is 0.488. The van der Waals surface area contributed by atoms with Crippen molar-refractivity contribution in [1.82, 2.24) is 9.62 Å². The van der Waals surface area contributed by atoms with Crippen LogP contribution in [0, 0.1) is 6.92 Å². The first-order valence-electron chi connectivity index (χ1n) is 7.07. The van der Waals surface area contributed by atoms with Gasteiger partial charge in [0.2, 0.25) is 10.0 Å². The Balaban J connectivity index is 3.04. The van der Waals surface area contributed by atoms with Gasteiger partial charge in [0.1, 0.15) is 0 Å². The first kappa shape index (κ1) is 18.5. The van der Waals surface area contributed by atoms with Gasteiger partial charge in [-0.25, -0.2) is 12.7 Å². The Bertz CT molecular complexity index is 557. The summed E-state index contributed by atoms with van der Waals surface area (Å²) < 4.78 is 26.7. The first-order valence-corrected chi connectivity index (χ1v) is 9.91. The van der Waals surface area contributed by atoms with E-state index in [9.17, 15) is 8.42 Å².